The number of hydrogen-bond acceptors (Lipinski definition) is 12. The van der Waals surface area contributed by atoms with Gasteiger partial charge in [0.1, 0.15) is 11.2 Å². The van der Waals surface area contributed by atoms with Gasteiger partial charge in [0.2, 0.25) is 6.41 Å². The van der Waals surface area contributed by atoms with E-state index < -0.39 is 17.3 Å². The molecule has 3 unspecified atom stereocenters. The van der Waals surface area contributed by atoms with Gasteiger partial charge in [-0.1, -0.05) is 11.6 Å². The maximum Gasteiger partial charge on any atom is 0.263 e. The molecule has 13 nitrogen and oxygen atoms in total. The number of methoxy groups -OCH3 is 1. The second-order valence-corrected chi connectivity index (χ2v) is 13.7. The SMILES string of the molecule is C=N/C(=c1/cn/c(=c2\c(C3CC3COC)c(Cl)cc3c2=CN=N3)c(F)c1NC(O)(O)C12CCCN1CCC2)N1CCCC(NC=O)C1.CO. The van der Waals surface area contributed by atoms with E-state index in [9.17, 15) is 15.0 Å². The number of likely N-dealkylation sites (tertiary alicyclic amines) is 1. The maximum absolute atomic E-state index is 17.5. The molecule has 5 aliphatic rings. The van der Waals surface area contributed by atoms with Gasteiger partial charge in [0.05, 0.1) is 28.3 Å². The Morgan fingerprint density at radius 2 is 2.02 bits per heavy atom. The van der Waals surface area contributed by atoms with E-state index in [1.54, 1.807) is 19.4 Å². The summed E-state index contributed by atoms with van der Waals surface area (Å²) in [6.07, 6.45) is 8.81. The van der Waals surface area contributed by atoms with E-state index in [4.69, 9.17) is 26.4 Å². The predicted octanol–water partition coefficient (Wildman–Crippen LogP) is 2.01. The summed E-state index contributed by atoms with van der Waals surface area (Å²) in [5.74, 6) is -2.73. The summed E-state index contributed by atoms with van der Waals surface area (Å²) in [4.78, 5) is 24.2. The Hall–Kier alpha value is -3.53. The van der Waals surface area contributed by atoms with Crippen LogP contribution in [0.2, 0.25) is 5.02 Å². The Labute approximate surface area is 288 Å². The lowest BCUT2D eigenvalue weighted by molar-refractivity contribution is -0.213. The Morgan fingerprint density at radius 1 is 1.27 bits per heavy atom. The quantitative estimate of drug-likeness (QED) is 0.142. The Bertz CT molecular complexity index is 1850. The van der Waals surface area contributed by atoms with Crippen LogP contribution in [-0.4, -0.2) is 108 Å². The first-order valence-electron chi connectivity index (χ1n) is 16.7. The number of nitrogens with one attached hydrogen (secondary N) is 2. The Morgan fingerprint density at radius 3 is 2.71 bits per heavy atom. The average Bonchev–Trinajstić information content (AvgIpc) is 3.40. The van der Waals surface area contributed by atoms with Crippen molar-refractivity contribution in [3.63, 3.8) is 0 Å². The number of aliphatic hydroxyl groups excluding tert-OH is 1. The number of pyridine rings is 1. The Kier molecular flexibility index (Phi) is 10.4. The van der Waals surface area contributed by atoms with Crippen molar-refractivity contribution in [1.82, 2.24) is 20.1 Å². The summed E-state index contributed by atoms with van der Waals surface area (Å²) in [6.45, 7) is 6.81. The fourth-order valence-corrected chi connectivity index (χ4v) is 8.66. The molecule has 1 saturated carbocycles. The zero-order valence-corrected chi connectivity index (χ0v) is 28.6. The molecule has 5 heterocycles. The minimum Gasteiger partial charge on any atom is -0.400 e. The van der Waals surface area contributed by atoms with Crippen LogP contribution in [-0.2, 0) is 9.53 Å². The molecular weight excluding hydrogens is 655 g/mol. The molecule has 1 amide bonds. The van der Waals surface area contributed by atoms with Crippen molar-refractivity contribution in [3.05, 3.63) is 49.7 Å². The van der Waals surface area contributed by atoms with E-state index in [0.29, 0.717) is 65.9 Å². The largest absolute Gasteiger partial charge is 0.400 e. The van der Waals surface area contributed by atoms with Crippen LogP contribution < -0.4 is 21.1 Å². The minimum atomic E-state index is -2.49. The van der Waals surface area contributed by atoms with Gasteiger partial charge < -0.3 is 35.6 Å². The highest BCUT2D eigenvalue weighted by atomic mass is 35.5. The first-order valence-corrected chi connectivity index (χ1v) is 17.1. The maximum atomic E-state index is 17.5. The van der Waals surface area contributed by atoms with Crippen molar-refractivity contribution in [3.8, 4) is 0 Å². The summed E-state index contributed by atoms with van der Waals surface area (Å²) in [6, 6.07) is 1.61. The van der Waals surface area contributed by atoms with E-state index >= 15 is 4.39 Å². The zero-order valence-electron chi connectivity index (χ0n) is 27.8. The molecule has 4 fully saturated rings. The fourth-order valence-electron chi connectivity index (χ4n) is 8.32. The Balaban J connectivity index is 0.00000205. The number of aliphatic hydroxyl groups is 3. The van der Waals surface area contributed by atoms with Crippen LogP contribution in [0.4, 0.5) is 15.8 Å². The number of ether oxygens (including phenoxy) is 1. The van der Waals surface area contributed by atoms with Gasteiger partial charge >= 0.3 is 0 Å². The standard InChI is InChI=1S/C33H40ClFN8O4.CH4O/c1-36-31(42-9-3-6-20(16-42)38-18-44)23-14-37-30(28(35)29(23)40-33(45,46)32-7-4-10-43(32)11-5-8-32)27-22-15-39-41-25(22)13-24(34)26(27)21-12-19(21)17-47-2;1-2/h13-15,18-21,40,45-46H,1,3-12,16-17H2,2H3,(H,38,44);2H,1H3/b30-27-,31-23+;. The zero-order chi connectivity index (χ0) is 34.9. The molecule has 4 aliphatic heterocycles. The molecule has 0 bridgehead atoms. The third kappa shape index (κ3) is 6.23. The lowest BCUT2D eigenvalue weighted by atomic mass is 9.89. The molecule has 1 aromatic heterocycles. The number of halogens is 2. The number of carbonyl (C=O) groups is 1. The number of aromatic nitrogens is 1. The molecule has 15 heteroatoms. The lowest BCUT2D eigenvalue weighted by Gasteiger charge is -2.43. The number of azo groups is 1. The summed E-state index contributed by atoms with van der Waals surface area (Å²) in [5.41, 5.74) is 0.101. The van der Waals surface area contributed by atoms with Crippen LogP contribution in [0.15, 0.2) is 27.5 Å². The number of rotatable bonds is 10. The molecule has 1 aliphatic carbocycles. The summed E-state index contributed by atoms with van der Waals surface area (Å²) < 4.78 is 22.9. The van der Waals surface area contributed by atoms with Gasteiger partial charge in [-0.15, -0.1) is 0 Å². The second kappa shape index (κ2) is 14.4. The molecule has 264 valence electrons. The minimum absolute atomic E-state index is 0.0119. The molecule has 3 atom stereocenters. The summed E-state index contributed by atoms with van der Waals surface area (Å²) in [5, 5.41) is 46.5. The van der Waals surface area contributed by atoms with Crippen LogP contribution in [0.1, 0.15) is 56.4 Å². The number of benzene rings is 1. The van der Waals surface area contributed by atoms with Crippen LogP contribution in [0.3, 0.4) is 0 Å². The van der Waals surface area contributed by atoms with Crippen LogP contribution in [0.25, 0.3) is 12.0 Å². The van der Waals surface area contributed by atoms with Gasteiger partial charge in [0.15, 0.2) is 5.82 Å². The molecule has 49 heavy (non-hydrogen) atoms. The highest BCUT2D eigenvalue weighted by Gasteiger charge is 2.58. The van der Waals surface area contributed by atoms with E-state index in [2.05, 4.69) is 37.5 Å². The lowest BCUT2D eigenvalue weighted by Crippen LogP contribution is -2.63. The average molecular weight is 699 g/mol. The first-order chi connectivity index (χ1) is 23.7. The van der Waals surface area contributed by atoms with Crippen molar-refractivity contribution in [2.24, 2.45) is 21.1 Å². The van der Waals surface area contributed by atoms with Crippen molar-refractivity contribution >= 4 is 48.1 Å². The van der Waals surface area contributed by atoms with Gasteiger partial charge in [-0.25, -0.2) is 9.38 Å². The number of hydrogen-bond donors (Lipinski definition) is 5. The van der Waals surface area contributed by atoms with E-state index in [1.165, 1.54) is 6.20 Å². The van der Waals surface area contributed by atoms with Gasteiger partial charge in [-0.3, -0.25) is 14.7 Å². The fraction of sp³-hybridized carbons (Fsp3) is 0.559. The first kappa shape index (κ1) is 35.3. The molecule has 1 aromatic carbocycles. The molecule has 2 aromatic rings. The highest BCUT2D eigenvalue weighted by molar-refractivity contribution is 6.31. The van der Waals surface area contributed by atoms with Gasteiger partial charge in [0, 0.05) is 61.6 Å². The van der Waals surface area contributed by atoms with E-state index in [0.717, 1.165) is 57.9 Å². The number of fused-ring (bicyclic) bond motifs is 2. The van der Waals surface area contributed by atoms with Crippen LogP contribution >= 0.6 is 11.6 Å². The smallest absolute Gasteiger partial charge is 0.263 e. The number of anilines is 1. The molecule has 3 saturated heterocycles. The summed E-state index contributed by atoms with van der Waals surface area (Å²) in [7, 11) is 2.65. The molecule has 0 spiro atoms. The molecular formula is C34H44ClFN8O5. The topological polar surface area (TPSA) is 167 Å². The van der Waals surface area contributed by atoms with Crippen LogP contribution in [0.5, 0.6) is 0 Å². The van der Waals surface area contributed by atoms with Crippen molar-refractivity contribution in [2.75, 3.05) is 52.3 Å². The van der Waals surface area contributed by atoms with Gasteiger partial charge in [-0.2, -0.15) is 10.2 Å². The van der Waals surface area contributed by atoms with Crippen LogP contribution in [0, 0.1) is 22.3 Å². The second-order valence-electron chi connectivity index (χ2n) is 13.3. The van der Waals surface area contributed by atoms with Gasteiger partial charge in [-0.05, 0) is 88.2 Å². The molecule has 0 radical (unpaired) electrons. The van der Waals surface area contributed by atoms with Crippen molar-refractivity contribution in [2.45, 2.75) is 68.4 Å². The van der Waals surface area contributed by atoms with E-state index in [1.807, 2.05) is 4.90 Å². The molecule has 5 N–H and O–H groups in total. The number of piperidine rings is 1. The number of nitrogens with zero attached hydrogens (tertiary/aromatic N) is 6. The normalized spacial score (nSPS) is 25.0. The third-order valence-electron chi connectivity index (χ3n) is 10.6. The van der Waals surface area contributed by atoms with Crippen molar-refractivity contribution < 1.29 is 29.2 Å². The molecule has 7 rings (SSSR count). The highest BCUT2D eigenvalue weighted by Crippen LogP contribution is 2.50. The van der Waals surface area contributed by atoms with E-state index in [-0.39, 0.29) is 34.1 Å². The number of amides is 1. The van der Waals surface area contributed by atoms with Crippen molar-refractivity contribution in [1.29, 1.82) is 0 Å². The summed E-state index contributed by atoms with van der Waals surface area (Å²) >= 11 is 6.88. The predicted molar refractivity (Wildman–Crippen MR) is 183 cm³/mol. The third-order valence-corrected chi connectivity index (χ3v) is 10.9. The number of carbonyl (C=O) groups excluding carboxylic acids is 1. The number of aliphatic imine (C=N–C) groups is 1. The van der Waals surface area contributed by atoms with Gasteiger partial charge in [0.25, 0.3) is 5.91 Å². The monoisotopic (exact) mass is 698 g/mol.